The first-order chi connectivity index (χ1) is 10.5. The molecule has 1 aromatic carbocycles. The zero-order valence-electron chi connectivity index (χ0n) is 12.8. The number of hydrogen-bond acceptors (Lipinski definition) is 4. The number of amides is 1. The normalized spacial score (nSPS) is 16.0. The smallest absolute Gasteiger partial charge is 0.251 e. The summed E-state index contributed by atoms with van der Waals surface area (Å²) < 4.78 is 27.5. The van der Waals surface area contributed by atoms with Crippen LogP contribution in [0.4, 0.5) is 0 Å². The van der Waals surface area contributed by atoms with Crippen molar-refractivity contribution in [2.24, 2.45) is 5.73 Å². The fraction of sp³-hybridized carbons (Fsp3) is 0.533. The van der Waals surface area contributed by atoms with Crippen LogP contribution in [0, 0.1) is 0 Å². The molecule has 0 aliphatic carbocycles. The van der Waals surface area contributed by atoms with Gasteiger partial charge < -0.3 is 11.1 Å². The van der Waals surface area contributed by atoms with Crippen molar-refractivity contribution in [2.45, 2.75) is 43.5 Å². The topological polar surface area (TPSA) is 101 Å². The first-order valence-corrected chi connectivity index (χ1v) is 9.09. The molecule has 0 fully saturated rings. The van der Waals surface area contributed by atoms with E-state index >= 15 is 0 Å². The van der Waals surface area contributed by atoms with Crippen LogP contribution in [0.2, 0.25) is 0 Å². The van der Waals surface area contributed by atoms with E-state index in [0.717, 1.165) is 24.8 Å². The van der Waals surface area contributed by atoms with Crippen LogP contribution in [0.25, 0.3) is 0 Å². The van der Waals surface area contributed by atoms with E-state index in [9.17, 15) is 13.2 Å². The molecule has 1 unspecified atom stereocenters. The molecule has 4 N–H and O–H groups in total. The Morgan fingerprint density at radius 2 is 2.18 bits per heavy atom. The molecule has 2 rings (SSSR count). The van der Waals surface area contributed by atoms with Gasteiger partial charge in [0.25, 0.3) is 5.91 Å². The molecule has 1 aromatic rings. The Kier molecular flexibility index (Phi) is 5.55. The number of sulfonamides is 1. The molecule has 1 heterocycles. The number of fused-ring (bicyclic) bond motifs is 1. The zero-order valence-corrected chi connectivity index (χ0v) is 13.6. The number of carbonyl (C=O) groups is 1. The van der Waals surface area contributed by atoms with Gasteiger partial charge in [-0.2, -0.15) is 0 Å². The van der Waals surface area contributed by atoms with Gasteiger partial charge in [-0.3, -0.25) is 4.79 Å². The summed E-state index contributed by atoms with van der Waals surface area (Å²) in [5.41, 5.74) is 6.96. The SMILES string of the molecule is CCCCC(CN)NS(=O)(=O)c1ccc2c(c1)C(=O)NCC2. The van der Waals surface area contributed by atoms with E-state index in [1.54, 1.807) is 12.1 Å². The van der Waals surface area contributed by atoms with Gasteiger partial charge in [0, 0.05) is 24.7 Å². The third kappa shape index (κ3) is 3.85. The second-order valence-electron chi connectivity index (χ2n) is 5.52. The molecule has 7 heteroatoms. The van der Waals surface area contributed by atoms with Gasteiger partial charge in [0.1, 0.15) is 0 Å². The molecule has 0 saturated carbocycles. The highest BCUT2D eigenvalue weighted by Gasteiger charge is 2.23. The Bertz CT molecular complexity index is 643. The first kappa shape index (κ1) is 16.9. The zero-order chi connectivity index (χ0) is 16.2. The maximum absolute atomic E-state index is 12.5. The van der Waals surface area contributed by atoms with E-state index in [-0.39, 0.29) is 23.4 Å². The summed E-state index contributed by atoms with van der Waals surface area (Å²) in [6.45, 7) is 2.89. The minimum absolute atomic E-state index is 0.109. The minimum atomic E-state index is -3.67. The number of hydrogen-bond donors (Lipinski definition) is 3. The molecule has 1 amide bonds. The minimum Gasteiger partial charge on any atom is -0.352 e. The van der Waals surface area contributed by atoms with Crippen LogP contribution < -0.4 is 15.8 Å². The highest BCUT2D eigenvalue weighted by Crippen LogP contribution is 2.19. The van der Waals surface area contributed by atoms with E-state index in [1.807, 2.05) is 6.92 Å². The van der Waals surface area contributed by atoms with Gasteiger partial charge in [0.15, 0.2) is 0 Å². The molecule has 22 heavy (non-hydrogen) atoms. The lowest BCUT2D eigenvalue weighted by atomic mass is 10.0. The van der Waals surface area contributed by atoms with Crippen LogP contribution in [0.5, 0.6) is 0 Å². The number of carbonyl (C=O) groups excluding carboxylic acids is 1. The summed E-state index contributed by atoms with van der Waals surface area (Å²) in [5.74, 6) is -0.223. The van der Waals surface area contributed by atoms with E-state index in [2.05, 4.69) is 10.0 Å². The molecule has 1 atom stereocenters. The fourth-order valence-corrected chi connectivity index (χ4v) is 3.83. The second kappa shape index (κ2) is 7.21. The standard InChI is InChI=1S/C15H23N3O3S/c1-2-3-4-12(10-16)18-22(20,21)13-6-5-11-7-8-17-15(19)14(11)9-13/h5-6,9,12,18H,2-4,7-8,10,16H2,1H3,(H,17,19). The Hall–Kier alpha value is -1.44. The van der Waals surface area contributed by atoms with Crippen LogP contribution >= 0.6 is 0 Å². The first-order valence-electron chi connectivity index (χ1n) is 7.61. The third-order valence-electron chi connectivity index (χ3n) is 3.83. The van der Waals surface area contributed by atoms with Crippen LogP contribution in [-0.2, 0) is 16.4 Å². The lowest BCUT2D eigenvalue weighted by molar-refractivity contribution is 0.0945. The summed E-state index contributed by atoms with van der Waals surface area (Å²) in [7, 11) is -3.67. The van der Waals surface area contributed by atoms with Gasteiger partial charge >= 0.3 is 0 Å². The molecule has 0 aromatic heterocycles. The largest absolute Gasteiger partial charge is 0.352 e. The van der Waals surface area contributed by atoms with Gasteiger partial charge in [-0.1, -0.05) is 25.8 Å². The lowest BCUT2D eigenvalue weighted by Crippen LogP contribution is -2.40. The van der Waals surface area contributed by atoms with Gasteiger partial charge in [-0.05, 0) is 30.5 Å². The van der Waals surface area contributed by atoms with E-state index < -0.39 is 10.0 Å². The lowest BCUT2D eigenvalue weighted by Gasteiger charge is -2.19. The maximum atomic E-state index is 12.5. The van der Waals surface area contributed by atoms with Crippen molar-refractivity contribution >= 4 is 15.9 Å². The van der Waals surface area contributed by atoms with E-state index in [0.29, 0.717) is 18.5 Å². The van der Waals surface area contributed by atoms with Crippen molar-refractivity contribution in [1.82, 2.24) is 10.0 Å². The highest BCUT2D eigenvalue weighted by atomic mass is 32.2. The van der Waals surface area contributed by atoms with Gasteiger partial charge in [0.05, 0.1) is 4.90 Å². The Morgan fingerprint density at radius 3 is 2.86 bits per heavy atom. The van der Waals surface area contributed by atoms with Crippen molar-refractivity contribution in [2.75, 3.05) is 13.1 Å². The molecule has 0 spiro atoms. The molecule has 122 valence electrons. The molecule has 0 saturated heterocycles. The number of rotatable bonds is 7. The highest BCUT2D eigenvalue weighted by molar-refractivity contribution is 7.89. The quantitative estimate of drug-likeness (QED) is 0.689. The van der Waals surface area contributed by atoms with Gasteiger partial charge in [-0.25, -0.2) is 13.1 Å². The predicted molar refractivity (Wildman–Crippen MR) is 85.2 cm³/mol. The number of nitrogens with one attached hydrogen (secondary N) is 2. The number of nitrogens with two attached hydrogens (primary N) is 1. The third-order valence-corrected chi connectivity index (χ3v) is 5.35. The number of unbranched alkanes of at least 4 members (excludes halogenated alkanes) is 1. The number of benzene rings is 1. The molecule has 0 bridgehead atoms. The molecule has 1 aliphatic rings. The Morgan fingerprint density at radius 1 is 1.41 bits per heavy atom. The molecular formula is C15H23N3O3S. The van der Waals surface area contributed by atoms with E-state index in [1.165, 1.54) is 6.07 Å². The second-order valence-corrected chi connectivity index (χ2v) is 7.23. The van der Waals surface area contributed by atoms with Crippen LogP contribution in [0.3, 0.4) is 0 Å². The monoisotopic (exact) mass is 325 g/mol. The maximum Gasteiger partial charge on any atom is 0.251 e. The Balaban J connectivity index is 2.22. The molecule has 6 nitrogen and oxygen atoms in total. The summed E-state index contributed by atoms with van der Waals surface area (Å²) in [5, 5.41) is 2.72. The molecule has 1 aliphatic heterocycles. The average molecular weight is 325 g/mol. The molecule has 0 radical (unpaired) electrons. The van der Waals surface area contributed by atoms with Crippen LogP contribution in [-0.4, -0.2) is 33.5 Å². The summed E-state index contributed by atoms with van der Waals surface area (Å²) in [6, 6.07) is 4.42. The van der Waals surface area contributed by atoms with E-state index in [4.69, 9.17) is 5.73 Å². The van der Waals surface area contributed by atoms with Gasteiger partial charge in [0.2, 0.25) is 10.0 Å². The average Bonchev–Trinajstić information content (AvgIpc) is 2.51. The summed E-state index contributed by atoms with van der Waals surface area (Å²) in [4.78, 5) is 11.9. The molecular weight excluding hydrogens is 302 g/mol. The van der Waals surface area contributed by atoms with Crippen molar-refractivity contribution in [3.63, 3.8) is 0 Å². The van der Waals surface area contributed by atoms with Crippen molar-refractivity contribution in [3.8, 4) is 0 Å². The summed E-state index contributed by atoms with van der Waals surface area (Å²) >= 11 is 0. The Labute approximate surface area is 131 Å². The van der Waals surface area contributed by atoms with Gasteiger partial charge in [-0.15, -0.1) is 0 Å². The van der Waals surface area contributed by atoms with Crippen LogP contribution in [0.1, 0.15) is 42.1 Å². The summed E-state index contributed by atoms with van der Waals surface area (Å²) in [6.07, 6.45) is 3.32. The van der Waals surface area contributed by atoms with Crippen molar-refractivity contribution in [1.29, 1.82) is 0 Å². The van der Waals surface area contributed by atoms with Crippen molar-refractivity contribution in [3.05, 3.63) is 29.3 Å². The van der Waals surface area contributed by atoms with Crippen molar-refractivity contribution < 1.29 is 13.2 Å². The van der Waals surface area contributed by atoms with Crippen LogP contribution in [0.15, 0.2) is 23.1 Å². The predicted octanol–water partition coefficient (Wildman–Crippen LogP) is 0.768. The fourth-order valence-electron chi connectivity index (χ4n) is 2.52.